The van der Waals surface area contributed by atoms with Crippen LogP contribution in [-0.4, -0.2) is 43.7 Å². The Kier molecular flexibility index (Phi) is 9.12. The summed E-state index contributed by atoms with van der Waals surface area (Å²) in [6.07, 6.45) is 3.33. The number of thioether (sulfide) groups is 1. The summed E-state index contributed by atoms with van der Waals surface area (Å²) in [6, 6.07) is 20.9. The van der Waals surface area contributed by atoms with Gasteiger partial charge in [-0.3, -0.25) is 14.9 Å². The van der Waals surface area contributed by atoms with Gasteiger partial charge in [-0.15, -0.1) is 11.8 Å². The number of anilines is 1. The summed E-state index contributed by atoms with van der Waals surface area (Å²) in [5.41, 5.74) is 1.90. The van der Waals surface area contributed by atoms with E-state index in [1.807, 2.05) is 42.5 Å². The van der Waals surface area contributed by atoms with Gasteiger partial charge in [0, 0.05) is 40.9 Å². The smallest absolute Gasteiger partial charge is 0.273 e. The molecular weight excluding hydrogens is 532 g/mol. The van der Waals surface area contributed by atoms with Crippen molar-refractivity contribution in [3.8, 4) is 0 Å². The lowest BCUT2D eigenvalue weighted by Gasteiger charge is -2.38. The van der Waals surface area contributed by atoms with E-state index in [0.717, 1.165) is 48.3 Å². The van der Waals surface area contributed by atoms with Gasteiger partial charge in [0.05, 0.1) is 9.82 Å². The maximum atomic E-state index is 13.0. The number of hydrogen-bond donors (Lipinski definition) is 0. The Balaban J connectivity index is 1.39. The van der Waals surface area contributed by atoms with Crippen LogP contribution in [-0.2, 0) is 16.3 Å². The zero-order valence-corrected chi connectivity index (χ0v) is 24.0. The molecule has 1 fully saturated rings. The Morgan fingerprint density at radius 3 is 2.31 bits per heavy atom. The van der Waals surface area contributed by atoms with Gasteiger partial charge >= 0.3 is 0 Å². The second kappa shape index (κ2) is 12.3. The molecule has 1 aliphatic heterocycles. The fourth-order valence-corrected chi connectivity index (χ4v) is 6.77. The van der Waals surface area contributed by atoms with E-state index in [2.05, 4.69) is 18.7 Å². The molecule has 0 aliphatic carbocycles. The van der Waals surface area contributed by atoms with Crippen LogP contribution in [0, 0.1) is 15.5 Å². The van der Waals surface area contributed by atoms with Crippen LogP contribution >= 0.6 is 11.8 Å². The van der Waals surface area contributed by atoms with Crippen molar-refractivity contribution in [3.05, 3.63) is 94.0 Å². The molecule has 0 saturated carbocycles. The average molecular weight is 567 g/mol. The van der Waals surface area contributed by atoms with Crippen LogP contribution in [0.15, 0.2) is 82.6 Å². The number of rotatable bonds is 11. The second-order valence-corrected chi connectivity index (χ2v) is 13.9. The van der Waals surface area contributed by atoms with Crippen molar-refractivity contribution in [2.75, 3.05) is 29.5 Å². The first kappa shape index (κ1) is 28.8. The molecule has 9 heteroatoms. The van der Waals surface area contributed by atoms with Crippen LogP contribution in [0.2, 0.25) is 0 Å². The van der Waals surface area contributed by atoms with E-state index in [0.29, 0.717) is 29.4 Å². The first-order valence-corrected chi connectivity index (χ1v) is 15.7. The Morgan fingerprint density at radius 2 is 1.67 bits per heavy atom. The number of benzene rings is 3. The molecule has 1 aliphatic rings. The predicted molar refractivity (Wildman–Crippen MR) is 157 cm³/mol. The Labute approximate surface area is 234 Å². The van der Waals surface area contributed by atoms with Crippen molar-refractivity contribution in [2.24, 2.45) is 5.41 Å². The molecule has 0 N–H and O–H groups in total. The first-order chi connectivity index (χ1) is 18.5. The van der Waals surface area contributed by atoms with Gasteiger partial charge in [0.2, 0.25) is 0 Å². The van der Waals surface area contributed by atoms with E-state index in [1.165, 1.54) is 12.1 Å². The molecule has 0 atom stereocenters. The number of sulfone groups is 1. The lowest BCUT2D eigenvalue weighted by Crippen LogP contribution is -2.37. The lowest BCUT2D eigenvalue weighted by atomic mass is 9.82. The number of nitrogens with zero attached hydrogens (tertiary/aromatic N) is 2. The summed E-state index contributed by atoms with van der Waals surface area (Å²) in [6.45, 7) is 6.41. The number of hydrogen-bond acceptors (Lipinski definition) is 7. The van der Waals surface area contributed by atoms with Gasteiger partial charge < -0.3 is 4.90 Å². The molecule has 39 heavy (non-hydrogen) atoms. The van der Waals surface area contributed by atoms with Crippen LogP contribution in [0.5, 0.6) is 0 Å². The zero-order chi connectivity index (χ0) is 28.0. The predicted octanol–water partition coefficient (Wildman–Crippen LogP) is 6.60. The molecule has 206 valence electrons. The third kappa shape index (κ3) is 7.70. The van der Waals surface area contributed by atoms with Crippen LogP contribution in [0.25, 0.3) is 0 Å². The molecule has 1 saturated heterocycles. The van der Waals surface area contributed by atoms with E-state index < -0.39 is 26.3 Å². The van der Waals surface area contributed by atoms with Gasteiger partial charge in [0.1, 0.15) is 5.75 Å². The second-order valence-electron chi connectivity index (χ2n) is 10.7. The van der Waals surface area contributed by atoms with Crippen LogP contribution in [0.3, 0.4) is 0 Å². The van der Waals surface area contributed by atoms with E-state index in [9.17, 15) is 23.3 Å². The van der Waals surface area contributed by atoms with E-state index in [-0.39, 0.29) is 10.6 Å². The summed E-state index contributed by atoms with van der Waals surface area (Å²) >= 11 is 1.67. The SMILES string of the molecule is CC1(C)CCN(c2ccc(C(=O)CS(=O)(=O)c3ccc(CCCSc4ccccc4)c([N+](=O)[O-])c3)cc2)CC1. The summed E-state index contributed by atoms with van der Waals surface area (Å²) in [7, 11) is -4.05. The molecule has 3 aromatic carbocycles. The van der Waals surface area contributed by atoms with Gasteiger partial charge in [-0.1, -0.05) is 38.1 Å². The van der Waals surface area contributed by atoms with Crippen molar-refractivity contribution in [3.63, 3.8) is 0 Å². The molecule has 0 unspecified atom stereocenters. The summed E-state index contributed by atoms with van der Waals surface area (Å²) in [5.74, 6) is -0.496. The van der Waals surface area contributed by atoms with Crippen molar-refractivity contribution >= 4 is 38.8 Å². The Bertz CT molecular complexity index is 1410. The average Bonchev–Trinajstić information content (AvgIpc) is 2.91. The monoisotopic (exact) mass is 566 g/mol. The summed E-state index contributed by atoms with van der Waals surface area (Å²) < 4.78 is 26.1. The fourth-order valence-electron chi connectivity index (χ4n) is 4.66. The molecule has 7 nitrogen and oxygen atoms in total. The Morgan fingerprint density at radius 1 is 1.00 bits per heavy atom. The molecule has 0 amide bonds. The van der Waals surface area contributed by atoms with Crippen LogP contribution < -0.4 is 4.90 Å². The fraction of sp³-hybridized carbons (Fsp3) is 0.367. The van der Waals surface area contributed by atoms with Gasteiger partial charge in [0.15, 0.2) is 15.6 Å². The standard InChI is InChI=1S/C30H34N2O5S2/c1-30(2)16-18-31(19-17-30)25-13-10-24(11-14-25)29(33)22-39(36,37)27-15-12-23(28(21-27)32(34)35)7-6-20-38-26-8-4-3-5-9-26/h3-5,8-15,21H,6-7,16-20,22H2,1-2H3. The van der Waals surface area contributed by atoms with Gasteiger partial charge in [-0.05, 0) is 79.3 Å². The molecule has 4 rings (SSSR count). The van der Waals surface area contributed by atoms with E-state index in [1.54, 1.807) is 23.9 Å². The van der Waals surface area contributed by atoms with E-state index >= 15 is 0 Å². The third-order valence-electron chi connectivity index (χ3n) is 7.21. The Hall–Kier alpha value is -3.17. The molecule has 0 bridgehead atoms. The minimum absolute atomic E-state index is 0.211. The molecule has 0 radical (unpaired) electrons. The van der Waals surface area contributed by atoms with Crippen molar-refractivity contribution in [1.82, 2.24) is 0 Å². The maximum Gasteiger partial charge on any atom is 0.273 e. The first-order valence-electron chi connectivity index (χ1n) is 13.1. The number of piperidine rings is 1. The zero-order valence-electron chi connectivity index (χ0n) is 22.3. The number of nitro groups is 1. The lowest BCUT2D eigenvalue weighted by molar-refractivity contribution is -0.385. The van der Waals surface area contributed by atoms with Gasteiger partial charge in [-0.25, -0.2) is 8.42 Å². The maximum absolute atomic E-state index is 13.0. The minimum atomic E-state index is -4.05. The number of nitro benzene ring substituents is 1. The number of aryl methyl sites for hydroxylation is 1. The number of Topliss-reactive ketones (excluding diaryl/α,β-unsaturated/α-hetero) is 1. The van der Waals surface area contributed by atoms with E-state index in [4.69, 9.17) is 0 Å². The number of carbonyl (C=O) groups excluding carboxylic acids is 1. The highest BCUT2D eigenvalue weighted by molar-refractivity contribution is 7.99. The van der Waals surface area contributed by atoms with Crippen molar-refractivity contribution < 1.29 is 18.1 Å². The molecule has 0 spiro atoms. The normalized spacial score (nSPS) is 15.2. The number of ketones is 1. The van der Waals surface area contributed by atoms with Crippen molar-refractivity contribution in [1.29, 1.82) is 0 Å². The molecule has 0 aromatic heterocycles. The highest BCUT2D eigenvalue weighted by Gasteiger charge is 2.27. The highest BCUT2D eigenvalue weighted by Crippen LogP contribution is 2.32. The van der Waals surface area contributed by atoms with Gasteiger partial charge in [0.25, 0.3) is 5.69 Å². The highest BCUT2D eigenvalue weighted by atomic mass is 32.2. The number of carbonyl (C=O) groups is 1. The molecule has 3 aromatic rings. The quantitative estimate of drug-likeness (QED) is 0.0848. The van der Waals surface area contributed by atoms with Crippen LogP contribution in [0.1, 0.15) is 49.0 Å². The van der Waals surface area contributed by atoms with Gasteiger partial charge in [-0.2, -0.15) is 0 Å². The largest absolute Gasteiger partial charge is 0.371 e. The topological polar surface area (TPSA) is 97.6 Å². The van der Waals surface area contributed by atoms with Crippen LogP contribution in [0.4, 0.5) is 11.4 Å². The molecular formula is C30H34N2O5S2. The summed E-state index contributed by atoms with van der Waals surface area (Å²) in [5, 5.41) is 11.7. The van der Waals surface area contributed by atoms with Crippen molar-refractivity contribution in [2.45, 2.75) is 49.3 Å². The molecule has 1 heterocycles. The minimum Gasteiger partial charge on any atom is -0.371 e. The third-order valence-corrected chi connectivity index (χ3v) is 9.92. The summed E-state index contributed by atoms with van der Waals surface area (Å²) in [4.78, 5) is 27.2.